The number of nitrogens with zero attached hydrogens (tertiary/aromatic N) is 3. The predicted octanol–water partition coefficient (Wildman–Crippen LogP) is 3.15. The van der Waals surface area contributed by atoms with Gasteiger partial charge in [-0.2, -0.15) is 4.98 Å². The second kappa shape index (κ2) is 7.55. The van der Waals surface area contributed by atoms with Crippen LogP contribution in [0.2, 0.25) is 0 Å². The Morgan fingerprint density at radius 2 is 2.09 bits per heavy atom. The van der Waals surface area contributed by atoms with Crippen LogP contribution < -0.4 is 0 Å². The molecule has 0 aromatic carbocycles. The Kier molecular flexibility index (Phi) is 5.47. The van der Waals surface area contributed by atoms with Crippen LogP contribution in [-0.2, 0) is 4.74 Å². The summed E-state index contributed by atoms with van der Waals surface area (Å²) in [5.41, 5.74) is 0. The number of likely N-dealkylation sites (tertiary alicyclic amines) is 1. The van der Waals surface area contributed by atoms with Crippen LogP contribution in [0.1, 0.15) is 63.1 Å². The summed E-state index contributed by atoms with van der Waals surface area (Å²) in [7, 11) is 0. The van der Waals surface area contributed by atoms with Gasteiger partial charge in [0.2, 0.25) is 5.89 Å². The zero-order chi connectivity index (χ0) is 15.4. The number of aryl methyl sites for hydroxylation is 1. The van der Waals surface area contributed by atoms with Gasteiger partial charge < -0.3 is 14.2 Å². The number of piperidine rings is 1. The highest BCUT2D eigenvalue weighted by molar-refractivity contribution is 4.96. The minimum atomic E-state index is 0.392. The monoisotopic (exact) mass is 307 g/mol. The molecule has 5 heteroatoms. The maximum Gasteiger partial charge on any atom is 0.231 e. The number of rotatable bonds is 5. The van der Waals surface area contributed by atoms with Crippen molar-refractivity contribution in [2.75, 3.05) is 26.2 Å². The van der Waals surface area contributed by atoms with Crippen molar-refractivity contribution < 1.29 is 9.26 Å². The molecular weight excluding hydrogens is 278 g/mol. The van der Waals surface area contributed by atoms with Crippen molar-refractivity contribution in [2.45, 2.75) is 64.4 Å². The lowest BCUT2D eigenvalue weighted by atomic mass is 9.88. The molecule has 0 N–H and O–H groups in total. The number of aromatic nitrogens is 2. The summed E-state index contributed by atoms with van der Waals surface area (Å²) in [5.74, 6) is 2.67. The predicted molar refractivity (Wildman–Crippen MR) is 84.8 cm³/mol. The molecule has 3 atom stereocenters. The van der Waals surface area contributed by atoms with Gasteiger partial charge in [-0.15, -0.1) is 0 Å². The van der Waals surface area contributed by atoms with Crippen LogP contribution >= 0.6 is 0 Å². The molecule has 5 nitrogen and oxygen atoms in total. The van der Waals surface area contributed by atoms with E-state index in [0.717, 1.165) is 50.3 Å². The highest BCUT2D eigenvalue weighted by Gasteiger charge is 2.26. The Bertz CT molecular complexity index is 463. The van der Waals surface area contributed by atoms with E-state index in [4.69, 9.17) is 9.26 Å². The summed E-state index contributed by atoms with van der Waals surface area (Å²) in [6.07, 6.45) is 8.10. The first-order valence-corrected chi connectivity index (χ1v) is 8.86. The Morgan fingerprint density at radius 1 is 1.23 bits per heavy atom. The van der Waals surface area contributed by atoms with Crippen molar-refractivity contribution in [3.8, 4) is 0 Å². The molecule has 0 spiro atoms. The summed E-state index contributed by atoms with van der Waals surface area (Å²) in [5, 5.41) is 3.92. The summed E-state index contributed by atoms with van der Waals surface area (Å²) in [6.45, 7) is 8.27. The van der Waals surface area contributed by atoms with Crippen molar-refractivity contribution in [2.24, 2.45) is 5.92 Å². The minimum Gasteiger partial charge on any atom is -0.377 e. The third kappa shape index (κ3) is 4.07. The van der Waals surface area contributed by atoms with Gasteiger partial charge in [-0.25, -0.2) is 0 Å². The Balaban J connectivity index is 1.42. The van der Waals surface area contributed by atoms with Crippen LogP contribution in [-0.4, -0.2) is 47.4 Å². The summed E-state index contributed by atoms with van der Waals surface area (Å²) >= 11 is 0. The first-order chi connectivity index (χ1) is 10.7. The van der Waals surface area contributed by atoms with E-state index >= 15 is 0 Å². The average Bonchev–Trinajstić information content (AvgIpc) is 2.96. The van der Waals surface area contributed by atoms with Crippen molar-refractivity contribution in [3.05, 3.63) is 11.7 Å². The fourth-order valence-corrected chi connectivity index (χ4v) is 3.80. The maximum absolute atomic E-state index is 6.15. The van der Waals surface area contributed by atoms with Gasteiger partial charge in [-0.05, 0) is 45.1 Å². The molecule has 124 valence electrons. The van der Waals surface area contributed by atoms with Gasteiger partial charge in [0.25, 0.3) is 0 Å². The fraction of sp³-hybridized carbons (Fsp3) is 0.882. The Hall–Kier alpha value is -0.940. The SMILES string of the molecule is Cc1noc([C@@H]2CCCN(CCO[C@@H]3CCCC[C@H]3C)C2)n1. The third-order valence-electron chi connectivity index (χ3n) is 5.17. The molecule has 3 rings (SSSR count). The van der Waals surface area contributed by atoms with E-state index in [1.54, 1.807) is 0 Å². The first-order valence-electron chi connectivity index (χ1n) is 8.86. The van der Waals surface area contributed by atoms with Crippen molar-refractivity contribution in [1.29, 1.82) is 0 Å². The van der Waals surface area contributed by atoms with E-state index < -0.39 is 0 Å². The van der Waals surface area contributed by atoms with Crippen molar-refractivity contribution in [3.63, 3.8) is 0 Å². The molecule has 1 aromatic heterocycles. The van der Waals surface area contributed by atoms with Crippen LogP contribution in [0, 0.1) is 12.8 Å². The van der Waals surface area contributed by atoms with Gasteiger partial charge in [-0.3, -0.25) is 0 Å². The molecule has 1 saturated heterocycles. The Morgan fingerprint density at radius 3 is 2.86 bits per heavy atom. The number of hydrogen-bond donors (Lipinski definition) is 0. The Labute approximate surface area is 133 Å². The zero-order valence-electron chi connectivity index (χ0n) is 14.0. The minimum absolute atomic E-state index is 0.392. The van der Waals surface area contributed by atoms with Gasteiger partial charge in [0.1, 0.15) is 0 Å². The van der Waals surface area contributed by atoms with Crippen LogP contribution in [0.15, 0.2) is 4.52 Å². The standard InChI is InChI=1S/C17H29N3O2/c1-13-6-3-4-8-16(13)21-11-10-20-9-5-7-15(12-20)17-18-14(2)19-22-17/h13,15-16H,3-12H2,1-2H3/t13-,15-,16-/m1/s1. The molecular formula is C17H29N3O2. The van der Waals surface area contributed by atoms with Gasteiger partial charge in [0.15, 0.2) is 5.82 Å². The van der Waals surface area contributed by atoms with Gasteiger partial charge in [-0.1, -0.05) is 24.9 Å². The molecule has 2 heterocycles. The topological polar surface area (TPSA) is 51.4 Å². The van der Waals surface area contributed by atoms with Gasteiger partial charge >= 0.3 is 0 Å². The largest absolute Gasteiger partial charge is 0.377 e. The van der Waals surface area contributed by atoms with E-state index in [-0.39, 0.29) is 0 Å². The molecule has 2 aliphatic rings. The average molecular weight is 307 g/mol. The van der Waals surface area contributed by atoms with Crippen molar-refractivity contribution >= 4 is 0 Å². The number of hydrogen-bond acceptors (Lipinski definition) is 5. The molecule has 2 fully saturated rings. The third-order valence-corrected chi connectivity index (χ3v) is 5.17. The molecule has 1 saturated carbocycles. The fourth-order valence-electron chi connectivity index (χ4n) is 3.80. The van der Waals surface area contributed by atoms with E-state index in [2.05, 4.69) is 22.0 Å². The van der Waals surface area contributed by atoms with Crippen LogP contribution in [0.25, 0.3) is 0 Å². The van der Waals surface area contributed by atoms with Gasteiger partial charge in [0.05, 0.1) is 18.6 Å². The smallest absolute Gasteiger partial charge is 0.231 e. The van der Waals surface area contributed by atoms with Gasteiger partial charge in [0, 0.05) is 13.1 Å². The van der Waals surface area contributed by atoms with Crippen LogP contribution in [0.4, 0.5) is 0 Å². The lowest BCUT2D eigenvalue weighted by Crippen LogP contribution is -2.38. The van der Waals surface area contributed by atoms with Crippen LogP contribution in [0.5, 0.6) is 0 Å². The van der Waals surface area contributed by atoms with E-state index in [1.165, 1.54) is 32.1 Å². The second-order valence-corrected chi connectivity index (χ2v) is 6.99. The lowest BCUT2D eigenvalue weighted by Gasteiger charge is -2.33. The summed E-state index contributed by atoms with van der Waals surface area (Å²) in [6, 6.07) is 0. The molecule has 0 radical (unpaired) electrons. The molecule has 1 aliphatic heterocycles. The summed E-state index contributed by atoms with van der Waals surface area (Å²) < 4.78 is 11.5. The second-order valence-electron chi connectivity index (χ2n) is 6.99. The molecule has 1 aliphatic carbocycles. The van der Waals surface area contributed by atoms with E-state index in [9.17, 15) is 0 Å². The zero-order valence-corrected chi connectivity index (χ0v) is 14.0. The van der Waals surface area contributed by atoms with Crippen LogP contribution in [0.3, 0.4) is 0 Å². The number of ether oxygens (including phenoxy) is 1. The van der Waals surface area contributed by atoms with Crippen molar-refractivity contribution in [1.82, 2.24) is 15.0 Å². The quantitative estimate of drug-likeness (QED) is 0.836. The molecule has 22 heavy (non-hydrogen) atoms. The highest BCUT2D eigenvalue weighted by Crippen LogP contribution is 2.27. The molecule has 0 unspecified atom stereocenters. The normalized spacial score (nSPS) is 30.5. The molecule has 0 bridgehead atoms. The maximum atomic E-state index is 6.15. The van der Waals surface area contributed by atoms with E-state index in [1.807, 2.05) is 6.92 Å². The summed E-state index contributed by atoms with van der Waals surface area (Å²) in [4.78, 5) is 6.88. The molecule has 0 amide bonds. The highest BCUT2D eigenvalue weighted by atomic mass is 16.5. The lowest BCUT2D eigenvalue weighted by molar-refractivity contribution is -0.0163. The first kappa shape index (κ1) is 15.9. The van der Waals surface area contributed by atoms with E-state index in [0.29, 0.717) is 12.0 Å². The molecule has 1 aromatic rings.